The predicted molar refractivity (Wildman–Crippen MR) is 61.5 cm³/mol. The third-order valence-corrected chi connectivity index (χ3v) is 4.48. The van der Waals surface area contributed by atoms with Crippen LogP contribution in [0.5, 0.6) is 0 Å². The van der Waals surface area contributed by atoms with Crippen molar-refractivity contribution >= 4 is 11.9 Å². The average molecular weight is 238 g/mol. The SMILES string of the molecule is CC1(C(=O)O)[C@@H](C(=O)O)CC=C2CCCC[C@@H]21. The molecule has 3 atom stereocenters. The van der Waals surface area contributed by atoms with Crippen molar-refractivity contribution in [3.63, 3.8) is 0 Å². The molecule has 0 heterocycles. The third-order valence-electron chi connectivity index (χ3n) is 4.48. The molecule has 1 unspecified atom stereocenters. The number of allylic oxidation sites excluding steroid dienone is 2. The molecule has 0 amide bonds. The lowest BCUT2D eigenvalue weighted by molar-refractivity contribution is -0.166. The zero-order chi connectivity index (χ0) is 12.6. The fourth-order valence-corrected chi connectivity index (χ4v) is 3.38. The summed E-state index contributed by atoms with van der Waals surface area (Å²) in [5.41, 5.74) is 0.0229. The van der Waals surface area contributed by atoms with E-state index >= 15 is 0 Å². The van der Waals surface area contributed by atoms with Gasteiger partial charge in [0.15, 0.2) is 0 Å². The molecule has 0 aromatic rings. The Morgan fingerprint density at radius 3 is 2.65 bits per heavy atom. The van der Waals surface area contributed by atoms with Gasteiger partial charge in [-0.1, -0.05) is 18.1 Å². The van der Waals surface area contributed by atoms with Crippen molar-refractivity contribution in [1.82, 2.24) is 0 Å². The van der Waals surface area contributed by atoms with Crippen molar-refractivity contribution in [2.75, 3.05) is 0 Å². The second kappa shape index (κ2) is 4.17. The first kappa shape index (κ1) is 12.1. The minimum absolute atomic E-state index is 0.0939. The van der Waals surface area contributed by atoms with Crippen molar-refractivity contribution in [2.24, 2.45) is 17.3 Å². The maximum atomic E-state index is 11.6. The Kier molecular flexibility index (Phi) is 2.98. The number of hydrogen-bond donors (Lipinski definition) is 2. The molecule has 1 fully saturated rings. The van der Waals surface area contributed by atoms with Crippen molar-refractivity contribution < 1.29 is 19.8 Å². The highest BCUT2D eigenvalue weighted by atomic mass is 16.4. The van der Waals surface area contributed by atoms with Crippen LogP contribution in [0.3, 0.4) is 0 Å². The van der Waals surface area contributed by atoms with Gasteiger partial charge in [0.05, 0.1) is 11.3 Å². The highest BCUT2D eigenvalue weighted by Gasteiger charge is 2.53. The van der Waals surface area contributed by atoms with Crippen LogP contribution >= 0.6 is 0 Å². The molecule has 4 nitrogen and oxygen atoms in total. The van der Waals surface area contributed by atoms with Gasteiger partial charge in [-0.3, -0.25) is 9.59 Å². The summed E-state index contributed by atoms with van der Waals surface area (Å²) < 4.78 is 0. The summed E-state index contributed by atoms with van der Waals surface area (Å²) in [6.07, 6.45) is 6.14. The smallest absolute Gasteiger partial charge is 0.310 e. The molecular weight excluding hydrogens is 220 g/mol. The van der Waals surface area contributed by atoms with Crippen LogP contribution in [0.15, 0.2) is 11.6 Å². The quantitative estimate of drug-likeness (QED) is 0.724. The minimum atomic E-state index is -1.14. The molecule has 0 bridgehead atoms. The van der Waals surface area contributed by atoms with Crippen molar-refractivity contribution in [2.45, 2.75) is 39.0 Å². The predicted octanol–water partition coefficient (Wildman–Crippen LogP) is 2.30. The Morgan fingerprint density at radius 1 is 1.35 bits per heavy atom. The van der Waals surface area contributed by atoms with Gasteiger partial charge in [0.25, 0.3) is 0 Å². The van der Waals surface area contributed by atoms with E-state index in [1.54, 1.807) is 6.92 Å². The lowest BCUT2D eigenvalue weighted by atomic mass is 9.57. The molecule has 2 aliphatic carbocycles. The molecule has 0 aliphatic heterocycles. The van der Waals surface area contributed by atoms with Crippen LogP contribution in [-0.2, 0) is 9.59 Å². The number of fused-ring (bicyclic) bond motifs is 1. The van der Waals surface area contributed by atoms with E-state index in [2.05, 4.69) is 0 Å². The second-order valence-corrected chi connectivity index (χ2v) is 5.29. The minimum Gasteiger partial charge on any atom is -0.481 e. The molecule has 0 aromatic carbocycles. The topological polar surface area (TPSA) is 74.6 Å². The average Bonchev–Trinajstić information content (AvgIpc) is 2.29. The van der Waals surface area contributed by atoms with E-state index in [4.69, 9.17) is 0 Å². The highest BCUT2D eigenvalue weighted by molar-refractivity contribution is 5.84. The fraction of sp³-hybridized carbons (Fsp3) is 0.692. The van der Waals surface area contributed by atoms with E-state index in [-0.39, 0.29) is 5.92 Å². The van der Waals surface area contributed by atoms with Gasteiger partial charge in [0.1, 0.15) is 0 Å². The summed E-state index contributed by atoms with van der Waals surface area (Å²) in [6.45, 7) is 1.61. The van der Waals surface area contributed by atoms with Crippen LogP contribution in [-0.4, -0.2) is 22.2 Å². The summed E-state index contributed by atoms with van der Waals surface area (Å²) in [4.78, 5) is 22.8. The van der Waals surface area contributed by atoms with Crippen molar-refractivity contribution in [3.05, 3.63) is 11.6 Å². The summed E-state index contributed by atoms with van der Waals surface area (Å²) in [6, 6.07) is 0. The molecule has 2 N–H and O–H groups in total. The number of carboxylic acids is 2. The maximum Gasteiger partial charge on any atom is 0.310 e. The first-order chi connectivity index (χ1) is 7.98. The molecule has 0 spiro atoms. The van der Waals surface area contributed by atoms with E-state index < -0.39 is 23.3 Å². The van der Waals surface area contributed by atoms with E-state index in [1.807, 2.05) is 6.08 Å². The zero-order valence-corrected chi connectivity index (χ0v) is 9.98. The van der Waals surface area contributed by atoms with Crippen molar-refractivity contribution in [3.8, 4) is 0 Å². The van der Waals surface area contributed by atoms with Crippen LogP contribution in [0.4, 0.5) is 0 Å². The van der Waals surface area contributed by atoms with E-state index in [1.165, 1.54) is 5.57 Å². The molecule has 0 saturated heterocycles. The lowest BCUT2D eigenvalue weighted by Crippen LogP contribution is -2.49. The van der Waals surface area contributed by atoms with Crippen LogP contribution in [0, 0.1) is 17.3 Å². The van der Waals surface area contributed by atoms with E-state index in [0.29, 0.717) is 6.42 Å². The highest BCUT2D eigenvalue weighted by Crippen LogP contribution is 2.51. The standard InChI is InChI=1S/C13H18O4/c1-13(12(16)17)9-5-3-2-4-8(9)6-7-10(13)11(14)15/h6,9-10H,2-5,7H2,1H3,(H,14,15)(H,16,17)/t9-,10+,13?/m0/s1. The van der Waals surface area contributed by atoms with Crippen LogP contribution < -0.4 is 0 Å². The first-order valence-electron chi connectivity index (χ1n) is 6.13. The molecule has 0 radical (unpaired) electrons. The van der Waals surface area contributed by atoms with Crippen LogP contribution in [0.25, 0.3) is 0 Å². The van der Waals surface area contributed by atoms with Gasteiger partial charge >= 0.3 is 11.9 Å². The van der Waals surface area contributed by atoms with Gasteiger partial charge < -0.3 is 10.2 Å². The van der Waals surface area contributed by atoms with Gasteiger partial charge in [-0.2, -0.15) is 0 Å². The Bertz CT molecular complexity index is 385. The van der Waals surface area contributed by atoms with Gasteiger partial charge in [-0.15, -0.1) is 0 Å². The Labute approximate surface area is 100 Å². The molecule has 94 valence electrons. The molecule has 1 saturated carbocycles. The number of carboxylic acid groups (broad SMARTS) is 2. The monoisotopic (exact) mass is 238 g/mol. The summed E-state index contributed by atoms with van der Waals surface area (Å²) in [5.74, 6) is -2.85. The van der Waals surface area contributed by atoms with Gasteiger partial charge in [0.2, 0.25) is 0 Å². The largest absolute Gasteiger partial charge is 0.481 e. The number of aliphatic carboxylic acids is 2. The van der Waals surface area contributed by atoms with E-state index in [0.717, 1.165) is 25.7 Å². The first-order valence-corrected chi connectivity index (χ1v) is 6.13. The molecule has 17 heavy (non-hydrogen) atoms. The number of carbonyl (C=O) groups is 2. The maximum absolute atomic E-state index is 11.6. The fourth-order valence-electron chi connectivity index (χ4n) is 3.38. The van der Waals surface area contributed by atoms with Crippen molar-refractivity contribution in [1.29, 1.82) is 0 Å². The second-order valence-electron chi connectivity index (χ2n) is 5.29. The summed E-state index contributed by atoms with van der Waals surface area (Å²) in [5, 5.41) is 18.7. The van der Waals surface area contributed by atoms with E-state index in [9.17, 15) is 19.8 Å². The normalized spacial score (nSPS) is 36.9. The van der Waals surface area contributed by atoms with Gasteiger partial charge in [-0.05, 0) is 38.5 Å². The zero-order valence-electron chi connectivity index (χ0n) is 9.98. The van der Waals surface area contributed by atoms with Gasteiger partial charge in [0, 0.05) is 0 Å². The third kappa shape index (κ3) is 1.75. The summed E-state index contributed by atoms with van der Waals surface area (Å²) >= 11 is 0. The molecular formula is C13H18O4. The lowest BCUT2D eigenvalue weighted by Gasteiger charge is -2.44. The Balaban J connectivity index is 2.43. The number of hydrogen-bond acceptors (Lipinski definition) is 2. The van der Waals surface area contributed by atoms with Crippen LogP contribution in [0.1, 0.15) is 39.0 Å². The Morgan fingerprint density at radius 2 is 2.06 bits per heavy atom. The molecule has 2 aliphatic rings. The van der Waals surface area contributed by atoms with Crippen LogP contribution in [0.2, 0.25) is 0 Å². The Hall–Kier alpha value is -1.32. The van der Waals surface area contributed by atoms with Gasteiger partial charge in [-0.25, -0.2) is 0 Å². The molecule has 0 aromatic heterocycles. The molecule has 4 heteroatoms. The number of rotatable bonds is 2. The molecule has 2 rings (SSSR count). The summed E-state index contributed by atoms with van der Waals surface area (Å²) in [7, 11) is 0.